The lowest BCUT2D eigenvalue weighted by Crippen LogP contribution is -2.53. The van der Waals surface area contributed by atoms with Crippen LogP contribution in [0.2, 0.25) is 0 Å². The Kier molecular flexibility index (Phi) is 6.64. The van der Waals surface area contributed by atoms with Gasteiger partial charge in [-0.15, -0.1) is 0 Å². The second kappa shape index (κ2) is 8.04. The molecule has 2 aliphatic rings. The van der Waals surface area contributed by atoms with E-state index in [1.54, 1.807) is 13.8 Å². The highest BCUT2D eigenvalue weighted by Gasteiger charge is 2.62. The molecule has 0 saturated carbocycles. The molecule has 150 valence electrons. The molecule has 0 aromatic rings. The number of aliphatic hydroxyl groups is 4. The van der Waals surface area contributed by atoms with Crippen molar-refractivity contribution in [1.82, 2.24) is 0 Å². The van der Waals surface area contributed by atoms with Crippen LogP contribution in [-0.4, -0.2) is 69.1 Å². The zero-order chi connectivity index (χ0) is 19.7. The fourth-order valence-electron chi connectivity index (χ4n) is 3.93. The van der Waals surface area contributed by atoms with Gasteiger partial charge in [-0.2, -0.15) is 0 Å². The summed E-state index contributed by atoms with van der Waals surface area (Å²) in [6.45, 7) is 6.61. The van der Waals surface area contributed by atoms with Gasteiger partial charge in [-0.25, -0.2) is 0 Å². The number of rotatable bonds is 8. The molecule has 8 atom stereocenters. The topological polar surface area (TPSA) is 120 Å². The molecule has 2 saturated heterocycles. The molecule has 2 aliphatic heterocycles. The lowest BCUT2D eigenvalue weighted by Gasteiger charge is -2.39. The highest BCUT2D eigenvalue weighted by molar-refractivity contribution is 5.85. The monoisotopic (exact) mass is 372 g/mol. The van der Waals surface area contributed by atoms with Crippen molar-refractivity contribution in [2.75, 3.05) is 13.2 Å². The number of Topliss-reactive ketones (excluding diaryl/α,β-unsaturated/α-hetero) is 1. The Balaban J connectivity index is 2.07. The average Bonchev–Trinajstić information content (AvgIpc) is 3.29. The summed E-state index contributed by atoms with van der Waals surface area (Å²) in [6.07, 6.45) is 1.55. The maximum absolute atomic E-state index is 12.8. The molecule has 0 aliphatic carbocycles. The van der Waals surface area contributed by atoms with Crippen LogP contribution in [0.15, 0.2) is 12.2 Å². The number of ketones is 1. The highest BCUT2D eigenvalue weighted by atomic mass is 16.6. The molecule has 26 heavy (non-hydrogen) atoms. The SMILES string of the molecule is C/C=C\[C@H](C)[C@H]1O[C@]1(C)[C@@H](O)[C@@H](CO)C(=O)[C@H]1COC(O)(CC)C[C@H]1O. The predicted octanol–water partition coefficient (Wildman–Crippen LogP) is 0.391. The van der Waals surface area contributed by atoms with Crippen molar-refractivity contribution in [1.29, 1.82) is 0 Å². The van der Waals surface area contributed by atoms with Crippen LogP contribution in [0.5, 0.6) is 0 Å². The third-order valence-corrected chi connectivity index (χ3v) is 5.83. The van der Waals surface area contributed by atoms with E-state index in [1.165, 1.54) is 0 Å². The Morgan fingerprint density at radius 2 is 2.08 bits per heavy atom. The van der Waals surface area contributed by atoms with Crippen molar-refractivity contribution < 1.29 is 34.7 Å². The number of carbonyl (C=O) groups is 1. The van der Waals surface area contributed by atoms with Crippen molar-refractivity contribution in [3.05, 3.63) is 12.2 Å². The van der Waals surface area contributed by atoms with E-state index in [0.29, 0.717) is 6.42 Å². The van der Waals surface area contributed by atoms with Crippen LogP contribution in [0.1, 0.15) is 40.5 Å². The predicted molar refractivity (Wildman–Crippen MR) is 94.2 cm³/mol. The third kappa shape index (κ3) is 4.03. The first-order valence-electron chi connectivity index (χ1n) is 9.31. The fraction of sp³-hybridized carbons (Fsp3) is 0.842. The minimum Gasteiger partial charge on any atom is -0.396 e. The van der Waals surface area contributed by atoms with Gasteiger partial charge in [-0.1, -0.05) is 26.0 Å². The molecule has 7 heteroatoms. The van der Waals surface area contributed by atoms with Crippen LogP contribution in [0, 0.1) is 17.8 Å². The summed E-state index contributed by atoms with van der Waals surface area (Å²) < 4.78 is 11.0. The van der Waals surface area contributed by atoms with Gasteiger partial charge in [0.2, 0.25) is 0 Å². The Morgan fingerprint density at radius 3 is 2.58 bits per heavy atom. The van der Waals surface area contributed by atoms with Crippen LogP contribution in [0.25, 0.3) is 0 Å². The number of carbonyl (C=O) groups excluding carboxylic acids is 1. The molecule has 0 radical (unpaired) electrons. The summed E-state index contributed by atoms with van der Waals surface area (Å²) in [6, 6.07) is 0. The number of hydrogen-bond donors (Lipinski definition) is 4. The van der Waals surface area contributed by atoms with Gasteiger partial charge < -0.3 is 29.9 Å². The van der Waals surface area contributed by atoms with Crippen molar-refractivity contribution in [3.63, 3.8) is 0 Å². The molecule has 2 rings (SSSR count). The van der Waals surface area contributed by atoms with Gasteiger partial charge in [0.1, 0.15) is 11.4 Å². The zero-order valence-electron chi connectivity index (χ0n) is 16.0. The molecule has 7 nitrogen and oxygen atoms in total. The van der Waals surface area contributed by atoms with Crippen LogP contribution in [-0.2, 0) is 14.3 Å². The van der Waals surface area contributed by atoms with Crippen LogP contribution >= 0.6 is 0 Å². The molecule has 2 fully saturated rings. The summed E-state index contributed by atoms with van der Waals surface area (Å²) >= 11 is 0. The molecule has 2 heterocycles. The van der Waals surface area contributed by atoms with Crippen molar-refractivity contribution in [2.24, 2.45) is 17.8 Å². The van der Waals surface area contributed by atoms with E-state index in [0.717, 1.165) is 0 Å². The molecule has 0 aromatic heterocycles. The molecule has 4 N–H and O–H groups in total. The van der Waals surface area contributed by atoms with Gasteiger partial charge in [-0.3, -0.25) is 4.79 Å². The van der Waals surface area contributed by atoms with Gasteiger partial charge >= 0.3 is 0 Å². The van der Waals surface area contributed by atoms with E-state index in [2.05, 4.69) is 0 Å². The second-order valence-corrected chi connectivity index (χ2v) is 7.73. The number of epoxide rings is 1. The minimum absolute atomic E-state index is 0.0669. The van der Waals surface area contributed by atoms with E-state index in [4.69, 9.17) is 9.47 Å². The summed E-state index contributed by atoms with van der Waals surface area (Å²) in [7, 11) is 0. The summed E-state index contributed by atoms with van der Waals surface area (Å²) in [4.78, 5) is 12.8. The zero-order valence-corrected chi connectivity index (χ0v) is 16.0. The molecular formula is C19H32O7. The minimum atomic E-state index is -1.44. The Labute approximate surface area is 154 Å². The average molecular weight is 372 g/mol. The summed E-state index contributed by atoms with van der Waals surface area (Å²) in [5.74, 6) is -3.83. The standard InChI is InChI=1S/C19H32O7/c1-5-7-11(3)17-18(4,26-17)16(23)12(9-20)15(22)13-10-25-19(24,6-2)8-14(13)21/h5,7,11-14,16-17,20-21,23-24H,6,8-10H2,1-4H3/b7-5-/t11-,12-,13-,14+,16-,17+,18+,19?/m0/s1. The first-order valence-corrected chi connectivity index (χ1v) is 9.31. The number of ether oxygens (including phenoxy) is 2. The lowest BCUT2D eigenvalue weighted by molar-refractivity contribution is -0.258. The fourth-order valence-corrected chi connectivity index (χ4v) is 3.93. The van der Waals surface area contributed by atoms with Gasteiger partial charge in [0.25, 0.3) is 0 Å². The maximum Gasteiger partial charge on any atom is 0.167 e. The first kappa shape index (κ1) is 21.5. The van der Waals surface area contributed by atoms with Gasteiger partial charge in [-0.05, 0) is 20.3 Å². The maximum atomic E-state index is 12.8. The van der Waals surface area contributed by atoms with E-state index in [9.17, 15) is 25.2 Å². The second-order valence-electron chi connectivity index (χ2n) is 7.73. The van der Waals surface area contributed by atoms with Gasteiger partial charge in [0.15, 0.2) is 5.79 Å². The molecule has 0 bridgehead atoms. The molecule has 1 unspecified atom stereocenters. The largest absolute Gasteiger partial charge is 0.396 e. The van der Waals surface area contributed by atoms with Crippen molar-refractivity contribution >= 4 is 5.78 Å². The molecule has 0 aromatic carbocycles. The van der Waals surface area contributed by atoms with Gasteiger partial charge in [0, 0.05) is 12.3 Å². The lowest BCUT2D eigenvalue weighted by atomic mass is 9.78. The Morgan fingerprint density at radius 1 is 1.42 bits per heavy atom. The third-order valence-electron chi connectivity index (χ3n) is 5.83. The molecular weight excluding hydrogens is 340 g/mol. The van der Waals surface area contributed by atoms with Crippen LogP contribution in [0.3, 0.4) is 0 Å². The molecule has 0 spiro atoms. The molecule has 0 amide bonds. The van der Waals surface area contributed by atoms with Crippen LogP contribution < -0.4 is 0 Å². The number of hydrogen-bond acceptors (Lipinski definition) is 7. The van der Waals surface area contributed by atoms with Crippen LogP contribution in [0.4, 0.5) is 0 Å². The van der Waals surface area contributed by atoms with E-state index in [-0.39, 0.29) is 25.0 Å². The highest BCUT2D eigenvalue weighted by Crippen LogP contribution is 2.47. The summed E-state index contributed by atoms with van der Waals surface area (Å²) in [5, 5.41) is 40.9. The van der Waals surface area contributed by atoms with Crippen molar-refractivity contribution in [2.45, 2.75) is 70.2 Å². The van der Waals surface area contributed by atoms with Crippen molar-refractivity contribution in [3.8, 4) is 0 Å². The quantitative estimate of drug-likeness (QED) is 0.359. The number of aliphatic hydroxyl groups excluding tert-OH is 3. The smallest absolute Gasteiger partial charge is 0.167 e. The summed E-state index contributed by atoms with van der Waals surface area (Å²) in [5.41, 5.74) is -0.924. The number of allylic oxidation sites excluding steroid dienone is 1. The Hall–Kier alpha value is -0.830. The Bertz CT molecular complexity index is 536. The van der Waals surface area contributed by atoms with Gasteiger partial charge in [0.05, 0.1) is 43.4 Å². The van der Waals surface area contributed by atoms with E-state index < -0.39 is 47.8 Å². The first-order chi connectivity index (χ1) is 12.1. The normalized spacial score (nSPS) is 41.0. The van der Waals surface area contributed by atoms with E-state index >= 15 is 0 Å². The van der Waals surface area contributed by atoms with E-state index in [1.807, 2.05) is 26.0 Å².